The maximum absolute atomic E-state index is 9.14. The van der Waals surface area contributed by atoms with E-state index in [4.69, 9.17) is 16.7 Å². The summed E-state index contributed by atoms with van der Waals surface area (Å²) >= 11 is 5.85. The Balaban J connectivity index is 1.93. The first kappa shape index (κ1) is 12.9. The third-order valence-electron chi connectivity index (χ3n) is 2.77. The zero-order valence-corrected chi connectivity index (χ0v) is 10.9. The Morgan fingerprint density at radius 1 is 1.22 bits per heavy atom. The summed E-state index contributed by atoms with van der Waals surface area (Å²) in [5.41, 5.74) is 2.08. The van der Waals surface area contributed by atoms with Crippen molar-refractivity contribution in [2.75, 3.05) is 0 Å². The predicted octanol–water partition coefficient (Wildman–Crippen LogP) is 3.29. The molecule has 0 saturated carbocycles. The van der Waals surface area contributed by atoms with E-state index in [9.17, 15) is 0 Å². The van der Waals surface area contributed by atoms with Gasteiger partial charge in [0, 0.05) is 17.6 Å². The second kappa shape index (κ2) is 5.85. The van der Waals surface area contributed by atoms with Gasteiger partial charge < -0.3 is 10.4 Å². The second-order valence-electron chi connectivity index (χ2n) is 4.16. The molecule has 0 aliphatic carbocycles. The number of hydrogen-bond acceptors (Lipinski definition) is 3. The lowest BCUT2D eigenvalue weighted by Gasteiger charge is -2.14. The number of nitrogens with zero attached hydrogens (tertiary/aromatic N) is 1. The molecule has 0 saturated heterocycles. The van der Waals surface area contributed by atoms with Gasteiger partial charge in [-0.3, -0.25) is 4.98 Å². The molecule has 4 heteroatoms. The van der Waals surface area contributed by atoms with E-state index in [1.165, 1.54) is 11.8 Å². The van der Waals surface area contributed by atoms with Crippen LogP contribution in [0.25, 0.3) is 0 Å². The highest BCUT2D eigenvalue weighted by atomic mass is 35.5. The highest BCUT2D eigenvalue weighted by molar-refractivity contribution is 6.30. The number of aromatic nitrogens is 1. The van der Waals surface area contributed by atoms with Crippen LogP contribution in [0.3, 0.4) is 0 Å². The van der Waals surface area contributed by atoms with E-state index in [1.807, 2.05) is 24.3 Å². The molecule has 0 spiro atoms. The van der Waals surface area contributed by atoms with Crippen LogP contribution in [0.1, 0.15) is 24.2 Å². The van der Waals surface area contributed by atoms with Gasteiger partial charge in [-0.1, -0.05) is 23.7 Å². The van der Waals surface area contributed by atoms with Crippen LogP contribution in [-0.2, 0) is 6.54 Å². The number of rotatable bonds is 4. The SMILES string of the molecule is C[C@H](NCc1ccc(O)cn1)c1ccc(Cl)cc1. The van der Waals surface area contributed by atoms with Gasteiger partial charge in [0.15, 0.2) is 0 Å². The molecule has 1 aromatic carbocycles. The zero-order chi connectivity index (χ0) is 13.0. The number of halogens is 1. The Kier molecular flexibility index (Phi) is 4.18. The molecular weight excluding hydrogens is 248 g/mol. The standard InChI is InChI=1S/C14H15ClN2O/c1-10(11-2-4-12(15)5-3-11)16-8-13-6-7-14(18)9-17-13/h2-7,9-10,16,18H,8H2,1H3/t10-/m0/s1. The fourth-order valence-electron chi connectivity index (χ4n) is 1.65. The van der Waals surface area contributed by atoms with Gasteiger partial charge in [-0.25, -0.2) is 0 Å². The molecule has 2 rings (SSSR count). The molecule has 1 heterocycles. The molecule has 3 nitrogen and oxygen atoms in total. The summed E-state index contributed by atoms with van der Waals surface area (Å²) in [6, 6.07) is 11.4. The van der Waals surface area contributed by atoms with Crippen LogP contribution in [0.5, 0.6) is 5.75 Å². The van der Waals surface area contributed by atoms with Gasteiger partial charge in [0.05, 0.1) is 11.9 Å². The molecule has 0 aliphatic heterocycles. The number of benzene rings is 1. The van der Waals surface area contributed by atoms with Crippen LogP contribution >= 0.6 is 11.6 Å². The number of nitrogens with one attached hydrogen (secondary N) is 1. The summed E-state index contributed by atoms with van der Waals surface area (Å²) < 4.78 is 0. The summed E-state index contributed by atoms with van der Waals surface area (Å²) in [5, 5.41) is 13.3. The molecule has 94 valence electrons. The summed E-state index contributed by atoms with van der Waals surface area (Å²) in [6.07, 6.45) is 1.45. The molecule has 2 aromatic rings. The minimum atomic E-state index is 0.185. The highest BCUT2D eigenvalue weighted by Gasteiger charge is 2.05. The summed E-state index contributed by atoms with van der Waals surface area (Å²) in [4.78, 5) is 4.12. The van der Waals surface area contributed by atoms with Crippen molar-refractivity contribution in [2.45, 2.75) is 19.5 Å². The van der Waals surface area contributed by atoms with Gasteiger partial charge in [-0.2, -0.15) is 0 Å². The Hall–Kier alpha value is -1.58. The quantitative estimate of drug-likeness (QED) is 0.889. The first-order valence-corrected chi connectivity index (χ1v) is 6.15. The fraction of sp³-hybridized carbons (Fsp3) is 0.214. The fourth-order valence-corrected chi connectivity index (χ4v) is 1.77. The van der Waals surface area contributed by atoms with Crippen molar-refractivity contribution in [3.8, 4) is 5.75 Å². The van der Waals surface area contributed by atoms with Crippen LogP contribution in [0.2, 0.25) is 5.02 Å². The van der Waals surface area contributed by atoms with E-state index in [0.717, 1.165) is 10.7 Å². The molecule has 2 N–H and O–H groups in total. The minimum absolute atomic E-state index is 0.185. The van der Waals surface area contributed by atoms with Gasteiger partial charge in [-0.15, -0.1) is 0 Å². The van der Waals surface area contributed by atoms with E-state index < -0.39 is 0 Å². The average molecular weight is 263 g/mol. The third kappa shape index (κ3) is 3.45. The Morgan fingerprint density at radius 3 is 2.56 bits per heavy atom. The molecule has 18 heavy (non-hydrogen) atoms. The van der Waals surface area contributed by atoms with Gasteiger partial charge in [0.2, 0.25) is 0 Å². The maximum atomic E-state index is 9.14. The molecule has 0 aliphatic rings. The largest absolute Gasteiger partial charge is 0.506 e. The van der Waals surface area contributed by atoms with Crippen LogP contribution in [0.4, 0.5) is 0 Å². The summed E-state index contributed by atoms with van der Waals surface area (Å²) in [5.74, 6) is 0.185. The van der Waals surface area contributed by atoms with E-state index in [2.05, 4.69) is 17.2 Å². The van der Waals surface area contributed by atoms with E-state index in [-0.39, 0.29) is 11.8 Å². The molecule has 0 bridgehead atoms. The van der Waals surface area contributed by atoms with Crippen molar-refractivity contribution >= 4 is 11.6 Å². The molecule has 1 aromatic heterocycles. The highest BCUT2D eigenvalue weighted by Crippen LogP contribution is 2.16. The van der Waals surface area contributed by atoms with Crippen LogP contribution < -0.4 is 5.32 Å². The molecule has 1 atom stereocenters. The van der Waals surface area contributed by atoms with E-state index in [1.54, 1.807) is 12.1 Å². The third-order valence-corrected chi connectivity index (χ3v) is 3.02. The van der Waals surface area contributed by atoms with Crippen molar-refractivity contribution < 1.29 is 5.11 Å². The topological polar surface area (TPSA) is 45.1 Å². The summed E-state index contributed by atoms with van der Waals surface area (Å²) in [7, 11) is 0. The minimum Gasteiger partial charge on any atom is -0.506 e. The molecule has 0 unspecified atom stereocenters. The van der Waals surface area contributed by atoms with Crippen molar-refractivity contribution in [1.82, 2.24) is 10.3 Å². The predicted molar refractivity (Wildman–Crippen MR) is 72.6 cm³/mol. The number of pyridine rings is 1. The smallest absolute Gasteiger partial charge is 0.133 e. The lowest BCUT2D eigenvalue weighted by molar-refractivity contribution is 0.471. The van der Waals surface area contributed by atoms with Crippen molar-refractivity contribution in [3.05, 3.63) is 58.9 Å². The second-order valence-corrected chi connectivity index (χ2v) is 4.60. The first-order chi connectivity index (χ1) is 8.65. The van der Waals surface area contributed by atoms with Crippen molar-refractivity contribution in [1.29, 1.82) is 0 Å². The Morgan fingerprint density at radius 2 is 1.94 bits per heavy atom. The molecular formula is C14H15ClN2O. The van der Waals surface area contributed by atoms with Gasteiger partial charge in [-0.05, 0) is 36.8 Å². The summed E-state index contributed by atoms with van der Waals surface area (Å²) in [6.45, 7) is 2.74. The normalized spacial score (nSPS) is 12.3. The lowest BCUT2D eigenvalue weighted by atomic mass is 10.1. The monoisotopic (exact) mass is 262 g/mol. The Labute approximate surface area is 111 Å². The van der Waals surface area contributed by atoms with Crippen LogP contribution in [0.15, 0.2) is 42.6 Å². The average Bonchev–Trinajstić information content (AvgIpc) is 2.38. The zero-order valence-electron chi connectivity index (χ0n) is 10.1. The lowest BCUT2D eigenvalue weighted by Crippen LogP contribution is -2.18. The van der Waals surface area contributed by atoms with Gasteiger partial charge in [0.1, 0.15) is 5.75 Å². The first-order valence-electron chi connectivity index (χ1n) is 5.78. The van der Waals surface area contributed by atoms with E-state index >= 15 is 0 Å². The van der Waals surface area contributed by atoms with Gasteiger partial charge in [0.25, 0.3) is 0 Å². The van der Waals surface area contributed by atoms with Crippen LogP contribution in [0, 0.1) is 0 Å². The van der Waals surface area contributed by atoms with Crippen molar-refractivity contribution in [2.24, 2.45) is 0 Å². The van der Waals surface area contributed by atoms with E-state index in [0.29, 0.717) is 6.54 Å². The molecule has 0 amide bonds. The van der Waals surface area contributed by atoms with Gasteiger partial charge >= 0.3 is 0 Å². The van der Waals surface area contributed by atoms with Crippen molar-refractivity contribution in [3.63, 3.8) is 0 Å². The maximum Gasteiger partial charge on any atom is 0.133 e. The van der Waals surface area contributed by atoms with Crippen LogP contribution in [-0.4, -0.2) is 10.1 Å². The number of aromatic hydroxyl groups is 1. The Bertz CT molecular complexity index is 496. The molecule has 0 radical (unpaired) electrons. The number of hydrogen-bond donors (Lipinski definition) is 2. The molecule has 0 fully saturated rings.